The molecule has 4 heteroatoms. The van der Waals surface area contributed by atoms with Crippen molar-refractivity contribution >= 4 is 35.0 Å². The van der Waals surface area contributed by atoms with Crippen molar-refractivity contribution in [2.45, 2.75) is 0 Å². The maximum atomic E-state index is 5.96. The fourth-order valence-electron chi connectivity index (χ4n) is 1.87. The Morgan fingerprint density at radius 3 is 2.05 bits per heavy atom. The van der Waals surface area contributed by atoms with Crippen LogP contribution >= 0.6 is 23.2 Å². The fraction of sp³-hybridized carbons (Fsp3) is 0.222. The van der Waals surface area contributed by atoms with Crippen LogP contribution in [-0.2, 0) is 4.74 Å². The highest BCUT2D eigenvalue weighted by Gasteiger charge is 2.04. The first-order valence-corrected chi connectivity index (χ1v) is 7.81. The summed E-state index contributed by atoms with van der Waals surface area (Å²) in [5.41, 5.74) is 2.04. The van der Waals surface area contributed by atoms with Crippen LogP contribution in [0.5, 0.6) is 0 Å². The zero-order chi connectivity index (χ0) is 15.9. The minimum absolute atomic E-state index is 0.620. The van der Waals surface area contributed by atoms with Gasteiger partial charge in [-0.3, -0.25) is 0 Å². The van der Waals surface area contributed by atoms with E-state index in [-0.39, 0.29) is 0 Å². The Labute approximate surface area is 141 Å². The Morgan fingerprint density at radius 1 is 0.955 bits per heavy atom. The Kier molecular flexibility index (Phi) is 6.32. The molecule has 0 amide bonds. The number of nitrogens with zero attached hydrogens (tertiary/aromatic N) is 1. The van der Waals surface area contributed by atoms with Crippen molar-refractivity contribution in [2.75, 3.05) is 27.2 Å². The summed E-state index contributed by atoms with van der Waals surface area (Å²) < 4.78 is 5.96. The summed E-state index contributed by atoms with van der Waals surface area (Å²) >= 11 is 11.9. The van der Waals surface area contributed by atoms with E-state index in [1.54, 1.807) is 0 Å². The summed E-state index contributed by atoms with van der Waals surface area (Å²) in [5.74, 6) is 0.820. The maximum absolute atomic E-state index is 5.96. The van der Waals surface area contributed by atoms with E-state index in [1.165, 1.54) is 0 Å². The smallest absolute Gasteiger partial charge is 0.127 e. The molecule has 2 rings (SSSR count). The average molecular weight is 336 g/mol. The van der Waals surface area contributed by atoms with Gasteiger partial charge in [-0.2, -0.15) is 0 Å². The standard InChI is InChI=1S/C18H19Cl2NO/c1-21(2)11-12-22-18(15-5-9-17(20)10-6-15)13-14-3-7-16(19)8-4-14/h3-10,13H,11-12H2,1-2H3/b18-13-. The summed E-state index contributed by atoms with van der Waals surface area (Å²) in [6.45, 7) is 1.47. The summed E-state index contributed by atoms with van der Waals surface area (Å²) in [4.78, 5) is 2.09. The van der Waals surface area contributed by atoms with E-state index >= 15 is 0 Å². The molecule has 0 saturated heterocycles. The number of likely N-dealkylation sites (N-methyl/N-ethyl adjacent to an activating group) is 1. The van der Waals surface area contributed by atoms with Gasteiger partial charge < -0.3 is 9.64 Å². The molecule has 0 aliphatic rings. The van der Waals surface area contributed by atoms with Gasteiger partial charge in [0.25, 0.3) is 0 Å². The van der Waals surface area contributed by atoms with Gasteiger partial charge in [-0.25, -0.2) is 0 Å². The molecule has 2 aromatic rings. The molecule has 0 saturated carbocycles. The van der Waals surface area contributed by atoms with E-state index in [0.29, 0.717) is 11.6 Å². The summed E-state index contributed by atoms with van der Waals surface area (Å²) in [7, 11) is 4.04. The van der Waals surface area contributed by atoms with Gasteiger partial charge >= 0.3 is 0 Å². The van der Waals surface area contributed by atoms with E-state index in [2.05, 4.69) is 4.90 Å². The minimum atomic E-state index is 0.620. The fourth-order valence-corrected chi connectivity index (χ4v) is 2.12. The molecular formula is C18H19Cl2NO. The summed E-state index contributed by atoms with van der Waals surface area (Å²) in [6, 6.07) is 15.3. The third-order valence-corrected chi connectivity index (χ3v) is 3.60. The van der Waals surface area contributed by atoms with Crippen LogP contribution in [0.15, 0.2) is 48.5 Å². The van der Waals surface area contributed by atoms with Crippen LogP contribution in [-0.4, -0.2) is 32.1 Å². The zero-order valence-corrected chi connectivity index (χ0v) is 14.2. The zero-order valence-electron chi connectivity index (χ0n) is 12.7. The number of ether oxygens (including phenoxy) is 1. The van der Waals surface area contributed by atoms with Gasteiger partial charge in [0.15, 0.2) is 0 Å². The first-order valence-electron chi connectivity index (χ1n) is 7.05. The number of halogens is 2. The van der Waals surface area contributed by atoms with Crippen molar-refractivity contribution in [3.05, 3.63) is 69.7 Å². The normalized spacial score (nSPS) is 11.8. The predicted molar refractivity (Wildman–Crippen MR) is 95.3 cm³/mol. The molecule has 2 aromatic carbocycles. The third-order valence-electron chi connectivity index (χ3n) is 3.09. The molecule has 0 aliphatic heterocycles. The van der Waals surface area contributed by atoms with Crippen LogP contribution in [0.3, 0.4) is 0 Å². The molecule has 0 aromatic heterocycles. The van der Waals surface area contributed by atoms with E-state index < -0.39 is 0 Å². The first-order chi connectivity index (χ1) is 10.5. The first kappa shape index (κ1) is 16.9. The lowest BCUT2D eigenvalue weighted by Gasteiger charge is -2.14. The highest BCUT2D eigenvalue weighted by molar-refractivity contribution is 6.30. The van der Waals surface area contributed by atoms with Crippen molar-refractivity contribution < 1.29 is 4.74 Å². The Morgan fingerprint density at radius 2 is 1.50 bits per heavy atom. The van der Waals surface area contributed by atoms with Crippen molar-refractivity contribution in [3.8, 4) is 0 Å². The van der Waals surface area contributed by atoms with Gasteiger partial charge in [-0.05, 0) is 62.1 Å². The molecule has 0 radical (unpaired) electrons. The van der Waals surface area contributed by atoms with Gasteiger partial charge in [0.2, 0.25) is 0 Å². The molecule has 116 valence electrons. The molecule has 0 unspecified atom stereocenters. The Hall–Kier alpha value is -1.48. The van der Waals surface area contributed by atoms with Crippen LogP contribution in [0.2, 0.25) is 10.0 Å². The van der Waals surface area contributed by atoms with E-state index in [4.69, 9.17) is 27.9 Å². The van der Waals surface area contributed by atoms with E-state index in [9.17, 15) is 0 Å². The molecule has 0 atom stereocenters. The SMILES string of the molecule is CN(C)CCO/C(=C\c1ccc(Cl)cc1)c1ccc(Cl)cc1. The van der Waals surface area contributed by atoms with E-state index in [1.807, 2.05) is 68.7 Å². The number of benzene rings is 2. The Bertz CT molecular complexity index is 619. The molecular weight excluding hydrogens is 317 g/mol. The quantitative estimate of drug-likeness (QED) is 0.539. The van der Waals surface area contributed by atoms with Gasteiger partial charge in [-0.1, -0.05) is 35.3 Å². The average Bonchev–Trinajstić information content (AvgIpc) is 2.49. The molecule has 0 N–H and O–H groups in total. The summed E-state index contributed by atoms with van der Waals surface area (Å²) in [6.07, 6.45) is 2.01. The van der Waals surface area contributed by atoms with Crippen molar-refractivity contribution in [1.29, 1.82) is 0 Å². The number of rotatable bonds is 6. The van der Waals surface area contributed by atoms with Crippen LogP contribution in [0.25, 0.3) is 11.8 Å². The largest absolute Gasteiger partial charge is 0.492 e. The molecule has 2 nitrogen and oxygen atoms in total. The second kappa shape index (κ2) is 8.23. The maximum Gasteiger partial charge on any atom is 0.127 e. The van der Waals surface area contributed by atoms with Gasteiger partial charge in [0, 0.05) is 22.2 Å². The number of hydrogen-bond acceptors (Lipinski definition) is 2. The summed E-state index contributed by atoms with van der Waals surface area (Å²) in [5, 5.41) is 1.43. The number of hydrogen-bond donors (Lipinski definition) is 0. The van der Waals surface area contributed by atoms with Gasteiger partial charge in [-0.15, -0.1) is 0 Å². The van der Waals surface area contributed by atoms with Crippen molar-refractivity contribution in [1.82, 2.24) is 4.90 Å². The van der Waals surface area contributed by atoms with Crippen LogP contribution in [0.1, 0.15) is 11.1 Å². The van der Waals surface area contributed by atoms with Crippen molar-refractivity contribution in [2.24, 2.45) is 0 Å². The van der Waals surface area contributed by atoms with E-state index in [0.717, 1.165) is 28.5 Å². The lowest BCUT2D eigenvalue weighted by molar-refractivity contribution is 0.234. The van der Waals surface area contributed by atoms with Crippen LogP contribution in [0.4, 0.5) is 0 Å². The van der Waals surface area contributed by atoms with Crippen LogP contribution in [0, 0.1) is 0 Å². The third kappa shape index (κ3) is 5.38. The molecule has 0 spiro atoms. The molecule has 0 heterocycles. The van der Waals surface area contributed by atoms with Crippen molar-refractivity contribution in [3.63, 3.8) is 0 Å². The minimum Gasteiger partial charge on any atom is -0.492 e. The monoisotopic (exact) mass is 335 g/mol. The topological polar surface area (TPSA) is 12.5 Å². The highest BCUT2D eigenvalue weighted by Crippen LogP contribution is 2.22. The lowest BCUT2D eigenvalue weighted by atomic mass is 10.1. The predicted octanol–water partition coefficient (Wildman–Crippen LogP) is 5.07. The molecule has 22 heavy (non-hydrogen) atoms. The molecule has 0 bridgehead atoms. The second-order valence-corrected chi connectivity index (χ2v) is 6.09. The Balaban J connectivity index is 2.23. The van der Waals surface area contributed by atoms with Gasteiger partial charge in [0.1, 0.15) is 12.4 Å². The highest BCUT2D eigenvalue weighted by atomic mass is 35.5. The molecule has 0 aliphatic carbocycles. The second-order valence-electron chi connectivity index (χ2n) is 5.22. The lowest BCUT2D eigenvalue weighted by Crippen LogP contribution is -2.17. The molecule has 0 fully saturated rings. The van der Waals surface area contributed by atoms with Gasteiger partial charge in [0.05, 0.1) is 0 Å². The van der Waals surface area contributed by atoms with Crippen LogP contribution < -0.4 is 0 Å².